The van der Waals surface area contributed by atoms with Crippen LogP contribution in [0.25, 0.3) is 0 Å². The van der Waals surface area contributed by atoms with Gasteiger partial charge >= 0.3 is 11.8 Å². The molecule has 0 bridgehead atoms. The van der Waals surface area contributed by atoms with E-state index in [0.717, 1.165) is 25.7 Å². The van der Waals surface area contributed by atoms with Crippen LogP contribution >= 0.6 is 0 Å². The number of unbranched alkanes of at least 4 members (excludes halogenated alkanes) is 2. The van der Waals surface area contributed by atoms with Crippen molar-refractivity contribution >= 4 is 11.8 Å². The summed E-state index contributed by atoms with van der Waals surface area (Å²) in [5.74, 6) is -1.51. The molecule has 118 valence electrons. The summed E-state index contributed by atoms with van der Waals surface area (Å²) < 4.78 is 0. The second kappa shape index (κ2) is 11.7. The molecule has 0 aromatic heterocycles. The molecule has 0 aromatic carbocycles. The lowest BCUT2D eigenvalue weighted by atomic mass is 10.1. The maximum Gasteiger partial charge on any atom is 0.309 e. The van der Waals surface area contributed by atoms with Crippen molar-refractivity contribution in [3.63, 3.8) is 0 Å². The molecule has 0 spiro atoms. The molecule has 0 heterocycles. The lowest BCUT2D eigenvalue weighted by Gasteiger charge is -2.18. The predicted molar refractivity (Wildman–Crippen MR) is 77.1 cm³/mol. The van der Waals surface area contributed by atoms with E-state index in [1.54, 1.807) is 0 Å². The summed E-state index contributed by atoms with van der Waals surface area (Å²) in [6.07, 6.45) is 4.96. The molecule has 0 aromatic rings. The molecule has 20 heavy (non-hydrogen) atoms. The Kier molecular flexibility index (Phi) is 11.0. The van der Waals surface area contributed by atoms with Crippen LogP contribution in [0.15, 0.2) is 0 Å². The van der Waals surface area contributed by atoms with Crippen LogP contribution in [0.4, 0.5) is 0 Å². The highest BCUT2D eigenvalue weighted by Gasteiger charge is 2.20. The van der Waals surface area contributed by atoms with Crippen molar-refractivity contribution < 1.29 is 19.8 Å². The summed E-state index contributed by atoms with van der Waals surface area (Å²) in [4.78, 5) is 23.4. The standard InChI is InChI=1S/C14H28N2O4/c1-3-5-7-11(9-17)15-13(19)14(20)16-12(10-18)8-6-4-2/h11-12,17-18H,3-10H2,1-2H3,(H,15,19)(H,16,20)/t11-,12-/m0/s1. The van der Waals surface area contributed by atoms with E-state index in [4.69, 9.17) is 10.2 Å². The molecule has 2 atom stereocenters. The average molecular weight is 288 g/mol. The Bertz CT molecular complexity index is 256. The van der Waals surface area contributed by atoms with Crippen LogP contribution in [0.2, 0.25) is 0 Å². The molecule has 0 radical (unpaired) electrons. The average Bonchev–Trinajstić information content (AvgIpc) is 2.47. The van der Waals surface area contributed by atoms with Crippen molar-refractivity contribution in [1.82, 2.24) is 10.6 Å². The number of carbonyl (C=O) groups excluding carboxylic acids is 2. The zero-order valence-electron chi connectivity index (χ0n) is 12.5. The summed E-state index contributed by atoms with van der Waals surface area (Å²) in [6.45, 7) is 3.67. The molecule has 0 aliphatic carbocycles. The summed E-state index contributed by atoms with van der Waals surface area (Å²) in [6, 6.07) is -0.784. The Morgan fingerprint density at radius 3 is 1.45 bits per heavy atom. The fourth-order valence-electron chi connectivity index (χ4n) is 1.82. The smallest absolute Gasteiger partial charge is 0.309 e. The minimum absolute atomic E-state index is 0.182. The number of aliphatic hydroxyl groups excluding tert-OH is 2. The van der Waals surface area contributed by atoms with Crippen molar-refractivity contribution in [2.24, 2.45) is 0 Å². The Hall–Kier alpha value is -1.14. The van der Waals surface area contributed by atoms with Crippen molar-refractivity contribution in [2.45, 2.75) is 64.5 Å². The fourth-order valence-corrected chi connectivity index (χ4v) is 1.82. The van der Waals surface area contributed by atoms with E-state index in [0.29, 0.717) is 12.8 Å². The first kappa shape index (κ1) is 18.9. The minimum Gasteiger partial charge on any atom is -0.394 e. The van der Waals surface area contributed by atoms with Gasteiger partial charge in [-0.25, -0.2) is 0 Å². The van der Waals surface area contributed by atoms with Crippen LogP contribution in [0.3, 0.4) is 0 Å². The molecule has 6 heteroatoms. The van der Waals surface area contributed by atoms with Gasteiger partial charge in [-0.2, -0.15) is 0 Å². The molecule has 0 fully saturated rings. The number of carbonyl (C=O) groups is 2. The SMILES string of the molecule is CCCC[C@@H](CO)NC(=O)C(=O)N[C@H](CO)CCCC. The van der Waals surface area contributed by atoms with E-state index >= 15 is 0 Å². The van der Waals surface area contributed by atoms with Crippen LogP contribution < -0.4 is 10.6 Å². The summed E-state index contributed by atoms with van der Waals surface area (Å²) in [5.41, 5.74) is 0. The van der Waals surface area contributed by atoms with Crippen LogP contribution in [0.5, 0.6) is 0 Å². The highest BCUT2D eigenvalue weighted by Crippen LogP contribution is 2.01. The number of hydrogen-bond acceptors (Lipinski definition) is 4. The molecule has 2 amide bonds. The van der Waals surface area contributed by atoms with Gasteiger partial charge in [-0.1, -0.05) is 39.5 Å². The minimum atomic E-state index is -0.755. The molecular weight excluding hydrogens is 260 g/mol. The third kappa shape index (κ3) is 8.12. The molecule has 4 N–H and O–H groups in total. The molecule has 0 saturated carbocycles. The summed E-state index contributed by atoms with van der Waals surface area (Å²) >= 11 is 0. The first-order valence-corrected chi connectivity index (χ1v) is 7.42. The van der Waals surface area contributed by atoms with Gasteiger partial charge in [-0.15, -0.1) is 0 Å². The van der Waals surface area contributed by atoms with Crippen LogP contribution in [0.1, 0.15) is 52.4 Å². The van der Waals surface area contributed by atoms with Crippen LogP contribution in [-0.2, 0) is 9.59 Å². The predicted octanol–water partition coefficient (Wildman–Crippen LogP) is 0.321. The third-order valence-electron chi connectivity index (χ3n) is 3.13. The van der Waals surface area contributed by atoms with Gasteiger partial charge in [0.05, 0.1) is 25.3 Å². The van der Waals surface area contributed by atoms with Gasteiger partial charge in [-0.3, -0.25) is 9.59 Å². The normalized spacial score (nSPS) is 13.6. The van der Waals surface area contributed by atoms with E-state index in [2.05, 4.69) is 10.6 Å². The number of hydrogen-bond donors (Lipinski definition) is 4. The van der Waals surface area contributed by atoms with Gasteiger partial charge in [0, 0.05) is 0 Å². The summed E-state index contributed by atoms with van der Waals surface area (Å²) in [5, 5.41) is 23.3. The maximum absolute atomic E-state index is 11.7. The third-order valence-corrected chi connectivity index (χ3v) is 3.13. The first-order valence-electron chi connectivity index (χ1n) is 7.42. The molecule has 0 aliphatic rings. The zero-order chi connectivity index (χ0) is 15.4. The number of nitrogens with one attached hydrogen (secondary N) is 2. The Labute approximate surface area is 120 Å². The van der Waals surface area contributed by atoms with Gasteiger partial charge in [0.25, 0.3) is 0 Å². The summed E-state index contributed by atoms with van der Waals surface area (Å²) in [7, 11) is 0. The second-order valence-electron chi connectivity index (χ2n) is 4.99. The monoisotopic (exact) mass is 288 g/mol. The van der Waals surface area contributed by atoms with Gasteiger partial charge in [-0.05, 0) is 12.8 Å². The van der Waals surface area contributed by atoms with Crippen molar-refractivity contribution in [3.8, 4) is 0 Å². The van der Waals surface area contributed by atoms with Crippen molar-refractivity contribution in [2.75, 3.05) is 13.2 Å². The molecule has 6 nitrogen and oxygen atoms in total. The quantitative estimate of drug-likeness (QED) is 0.435. The van der Waals surface area contributed by atoms with Gasteiger partial charge < -0.3 is 20.8 Å². The largest absolute Gasteiger partial charge is 0.394 e. The fraction of sp³-hybridized carbons (Fsp3) is 0.857. The van der Waals surface area contributed by atoms with E-state index in [9.17, 15) is 9.59 Å². The molecular formula is C14H28N2O4. The highest BCUT2D eigenvalue weighted by molar-refractivity contribution is 6.35. The van der Waals surface area contributed by atoms with E-state index in [-0.39, 0.29) is 13.2 Å². The number of aliphatic hydroxyl groups is 2. The lowest BCUT2D eigenvalue weighted by Crippen LogP contribution is -2.49. The Morgan fingerprint density at radius 1 is 0.850 bits per heavy atom. The highest BCUT2D eigenvalue weighted by atomic mass is 16.3. The number of rotatable bonds is 10. The lowest BCUT2D eigenvalue weighted by molar-refractivity contribution is -0.140. The molecule has 0 rings (SSSR count). The van der Waals surface area contributed by atoms with Crippen molar-refractivity contribution in [1.29, 1.82) is 0 Å². The number of amides is 2. The molecule has 0 aliphatic heterocycles. The van der Waals surface area contributed by atoms with Gasteiger partial charge in [0.1, 0.15) is 0 Å². The van der Waals surface area contributed by atoms with Gasteiger partial charge in [0.2, 0.25) is 0 Å². The Balaban J connectivity index is 4.20. The molecule has 0 saturated heterocycles. The second-order valence-corrected chi connectivity index (χ2v) is 4.99. The zero-order valence-corrected chi connectivity index (χ0v) is 12.5. The van der Waals surface area contributed by atoms with E-state index in [1.807, 2.05) is 13.8 Å². The van der Waals surface area contributed by atoms with Crippen molar-refractivity contribution in [3.05, 3.63) is 0 Å². The van der Waals surface area contributed by atoms with Crippen LogP contribution in [-0.4, -0.2) is 47.3 Å². The Morgan fingerprint density at radius 2 is 1.20 bits per heavy atom. The van der Waals surface area contributed by atoms with E-state index < -0.39 is 23.9 Å². The topological polar surface area (TPSA) is 98.7 Å². The first-order chi connectivity index (χ1) is 9.58. The maximum atomic E-state index is 11.7. The molecule has 0 unspecified atom stereocenters. The van der Waals surface area contributed by atoms with Crippen LogP contribution in [0, 0.1) is 0 Å². The van der Waals surface area contributed by atoms with E-state index in [1.165, 1.54) is 0 Å². The van der Waals surface area contributed by atoms with Gasteiger partial charge in [0.15, 0.2) is 0 Å².